The molecule has 0 saturated carbocycles. The minimum absolute atomic E-state index is 0.00722. The minimum Gasteiger partial charge on any atom is -0.486 e. The Balaban J connectivity index is 1.05. The molecular formula is C28H36N2O6. The van der Waals surface area contributed by atoms with Gasteiger partial charge in [0.05, 0.1) is 12.1 Å². The molecule has 2 aliphatic heterocycles. The van der Waals surface area contributed by atoms with E-state index in [4.69, 9.17) is 18.9 Å². The van der Waals surface area contributed by atoms with Crippen molar-refractivity contribution in [2.75, 3.05) is 13.2 Å². The maximum absolute atomic E-state index is 12.3. The summed E-state index contributed by atoms with van der Waals surface area (Å²) < 4.78 is 23.4. The molecule has 0 aromatic heterocycles. The van der Waals surface area contributed by atoms with Gasteiger partial charge in [-0.1, -0.05) is 37.1 Å². The molecule has 2 aromatic carbocycles. The molecule has 0 aliphatic carbocycles. The van der Waals surface area contributed by atoms with Gasteiger partial charge in [0.2, 0.25) is 11.8 Å². The number of hydrogen-bond donors (Lipinski definition) is 2. The third kappa shape index (κ3) is 7.06. The minimum atomic E-state index is -0.218. The van der Waals surface area contributed by atoms with Crippen LogP contribution in [0.1, 0.15) is 52.4 Å². The van der Waals surface area contributed by atoms with Gasteiger partial charge < -0.3 is 29.6 Å². The van der Waals surface area contributed by atoms with E-state index in [1.165, 1.54) is 0 Å². The van der Waals surface area contributed by atoms with E-state index in [0.717, 1.165) is 37.2 Å². The van der Waals surface area contributed by atoms with Crippen molar-refractivity contribution >= 4 is 11.8 Å². The number of carbonyl (C=O) groups is 2. The van der Waals surface area contributed by atoms with Crippen LogP contribution < -0.4 is 29.6 Å². The number of amides is 2. The van der Waals surface area contributed by atoms with Gasteiger partial charge in [0.1, 0.15) is 13.2 Å². The molecule has 0 radical (unpaired) electrons. The Bertz CT molecular complexity index is 947. The standard InChI is InChI=1S/C28H36N2O6/c1-19(25-17-33-21-11-7-9-13-23(21)35-25)29-27(31)15-5-3-4-6-16-28(32)30-20(2)26-18-34-22-12-8-10-14-24(22)36-26/h7-14,19-20,25-26H,3-6,15-18H2,1-2H3,(H,29,31)(H,30,32)/t19-,20+,25-,26-/m1/s1. The molecule has 4 rings (SSSR count). The molecular weight excluding hydrogens is 460 g/mol. The Morgan fingerprint density at radius 2 is 1.08 bits per heavy atom. The van der Waals surface area contributed by atoms with Crippen LogP contribution in [0.4, 0.5) is 0 Å². The number of hydrogen-bond acceptors (Lipinski definition) is 6. The lowest BCUT2D eigenvalue weighted by Crippen LogP contribution is -2.48. The van der Waals surface area contributed by atoms with Crippen molar-refractivity contribution in [1.82, 2.24) is 10.6 Å². The molecule has 0 bridgehead atoms. The molecule has 0 fully saturated rings. The molecule has 2 aliphatic rings. The van der Waals surface area contributed by atoms with Gasteiger partial charge in [-0.05, 0) is 51.0 Å². The van der Waals surface area contributed by atoms with Crippen LogP contribution >= 0.6 is 0 Å². The van der Waals surface area contributed by atoms with E-state index < -0.39 is 0 Å². The number of para-hydroxylation sites is 4. The van der Waals surface area contributed by atoms with Gasteiger partial charge in [0.15, 0.2) is 35.2 Å². The van der Waals surface area contributed by atoms with Crippen LogP contribution in [-0.2, 0) is 9.59 Å². The number of fused-ring (bicyclic) bond motifs is 2. The fraction of sp³-hybridized carbons (Fsp3) is 0.500. The van der Waals surface area contributed by atoms with Crippen LogP contribution in [0, 0.1) is 0 Å². The molecule has 8 heteroatoms. The third-order valence-electron chi connectivity index (χ3n) is 6.51. The molecule has 2 aromatic rings. The number of carbonyl (C=O) groups excluding carboxylic acids is 2. The second-order valence-corrected chi connectivity index (χ2v) is 9.45. The molecule has 8 nitrogen and oxygen atoms in total. The monoisotopic (exact) mass is 496 g/mol. The highest BCUT2D eigenvalue weighted by molar-refractivity contribution is 5.76. The van der Waals surface area contributed by atoms with Gasteiger partial charge >= 0.3 is 0 Å². The number of benzene rings is 2. The predicted octanol–water partition coefficient (Wildman–Crippen LogP) is 4.02. The molecule has 0 unspecified atom stereocenters. The zero-order valence-electron chi connectivity index (χ0n) is 21.0. The Morgan fingerprint density at radius 1 is 0.694 bits per heavy atom. The Kier molecular flexibility index (Phi) is 8.92. The topological polar surface area (TPSA) is 95.1 Å². The quantitative estimate of drug-likeness (QED) is 0.457. The SMILES string of the molecule is C[C@H](NC(=O)CCCCCCC(=O)N[C@H](C)[C@H]1COc2ccccc2O1)[C@H]1COc2ccccc2O1. The van der Waals surface area contributed by atoms with Crippen molar-refractivity contribution in [2.45, 2.75) is 76.7 Å². The van der Waals surface area contributed by atoms with E-state index in [1.54, 1.807) is 0 Å². The van der Waals surface area contributed by atoms with Gasteiger partial charge in [-0.25, -0.2) is 0 Å². The third-order valence-corrected chi connectivity index (χ3v) is 6.51. The average Bonchev–Trinajstić information content (AvgIpc) is 2.90. The van der Waals surface area contributed by atoms with Gasteiger partial charge in [-0.2, -0.15) is 0 Å². The van der Waals surface area contributed by atoms with Crippen molar-refractivity contribution in [3.8, 4) is 23.0 Å². The average molecular weight is 497 g/mol. The van der Waals surface area contributed by atoms with Gasteiger partial charge in [0, 0.05) is 12.8 Å². The summed E-state index contributed by atoms with van der Waals surface area (Å²) in [5.41, 5.74) is 0. The van der Waals surface area contributed by atoms with Crippen molar-refractivity contribution in [2.24, 2.45) is 0 Å². The highest BCUT2D eigenvalue weighted by atomic mass is 16.6. The van der Waals surface area contributed by atoms with E-state index in [9.17, 15) is 9.59 Å². The number of unbranched alkanes of at least 4 members (excludes halogenated alkanes) is 3. The second kappa shape index (κ2) is 12.5. The molecule has 194 valence electrons. The van der Waals surface area contributed by atoms with Gasteiger partial charge in [-0.3, -0.25) is 9.59 Å². The van der Waals surface area contributed by atoms with Crippen LogP contribution in [-0.4, -0.2) is 49.3 Å². The van der Waals surface area contributed by atoms with E-state index >= 15 is 0 Å². The highest BCUT2D eigenvalue weighted by Gasteiger charge is 2.28. The molecule has 0 saturated heterocycles. The summed E-state index contributed by atoms with van der Waals surface area (Å²) in [7, 11) is 0. The summed E-state index contributed by atoms with van der Waals surface area (Å²) >= 11 is 0. The maximum Gasteiger partial charge on any atom is 0.220 e. The summed E-state index contributed by atoms with van der Waals surface area (Å²) in [5, 5.41) is 6.04. The lowest BCUT2D eigenvalue weighted by atomic mass is 10.1. The Labute approximate surface area is 212 Å². The largest absolute Gasteiger partial charge is 0.486 e. The molecule has 0 spiro atoms. The first-order chi connectivity index (χ1) is 17.5. The zero-order valence-corrected chi connectivity index (χ0v) is 21.0. The lowest BCUT2D eigenvalue weighted by molar-refractivity contribution is -0.123. The first-order valence-electron chi connectivity index (χ1n) is 12.9. The molecule has 4 atom stereocenters. The summed E-state index contributed by atoms with van der Waals surface area (Å²) in [6, 6.07) is 14.8. The highest BCUT2D eigenvalue weighted by Crippen LogP contribution is 2.32. The Hall–Kier alpha value is -3.42. The van der Waals surface area contributed by atoms with Crippen LogP contribution in [0.2, 0.25) is 0 Å². The van der Waals surface area contributed by atoms with Crippen molar-refractivity contribution in [3.05, 3.63) is 48.5 Å². The zero-order chi connectivity index (χ0) is 25.3. The van der Waals surface area contributed by atoms with E-state index in [0.29, 0.717) is 37.6 Å². The van der Waals surface area contributed by atoms with E-state index in [1.807, 2.05) is 62.4 Å². The Morgan fingerprint density at radius 3 is 1.50 bits per heavy atom. The van der Waals surface area contributed by atoms with Gasteiger partial charge in [-0.15, -0.1) is 0 Å². The molecule has 2 amide bonds. The smallest absolute Gasteiger partial charge is 0.220 e. The van der Waals surface area contributed by atoms with Crippen molar-refractivity contribution in [3.63, 3.8) is 0 Å². The van der Waals surface area contributed by atoms with E-state index in [2.05, 4.69) is 10.6 Å². The maximum atomic E-state index is 12.3. The fourth-order valence-electron chi connectivity index (χ4n) is 4.33. The van der Waals surface area contributed by atoms with Crippen molar-refractivity contribution < 1.29 is 28.5 Å². The molecule has 2 N–H and O–H groups in total. The van der Waals surface area contributed by atoms with Crippen LogP contribution in [0.3, 0.4) is 0 Å². The van der Waals surface area contributed by atoms with Gasteiger partial charge in [0.25, 0.3) is 0 Å². The lowest BCUT2D eigenvalue weighted by Gasteiger charge is -2.30. The number of ether oxygens (including phenoxy) is 4. The first kappa shape index (κ1) is 25.7. The van der Waals surface area contributed by atoms with Crippen LogP contribution in [0.25, 0.3) is 0 Å². The van der Waals surface area contributed by atoms with Crippen LogP contribution in [0.5, 0.6) is 23.0 Å². The predicted molar refractivity (Wildman–Crippen MR) is 136 cm³/mol. The summed E-state index contributed by atoms with van der Waals surface area (Å²) in [4.78, 5) is 24.7. The summed E-state index contributed by atoms with van der Waals surface area (Å²) in [5.74, 6) is 2.90. The van der Waals surface area contributed by atoms with E-state index in [-0.39, 0.29) is 36.1 Å². The summed E-state index contributed by atoms with van der Waals surface area (Å²) in [6.45, 7) is 4.68. The fourth-order valence-corrected chi connectivity index (χ4v) is 4.33. The van der Waals surface area contributed by atoms with Crippen molar-refractivity contribution in [1.29, 1.82) is 0 Å². The molecule has 36 heavy (non-hydrogen) atoms. The molecule has 2 heterocycles. The number of nitrogens with one attached hydrogen (secondary N) is 2. The normalized spacial score (nSPS) is 19.6. The van der Waals surface area contributed by atoms with Crippen LogP contribution in [0.15, 0.2) is 48.5 Å². The summed E-state index contributed by atoms with van der Waals surface area (Å²) in [6.07, 6.45) is 3.85. The second-order valence-electron chi connectivity index (χ2n) is 9.45. The number of rotatable bonds is 11. The first-order valence-corrected chi connectivity index (χ1v) is 12.9.